The monoisotopic (exact) mass is 307 g/mol. The molecule has 6 heteroatoms. The molecule has 1 saturated heterocycles. The molecule has 1 aromatic carbocycles. The van der Waals surface area contributed by atoms with Crippen LogP contribution in [-0.4, -0.2) is 58.3 Å². The van der Waals surface area contributed by atoms with Gasteiger partial charge >= 0.3 is 0 Å². The van der Waals surface area contributed by atoms with Crippen LogP contribution in [0.3, 0.4) is 0 Å². The summed E-state index contributed by atoms with van der Waals surface area (Å²) in [6, 6.07) is 9.38. The molecule has 1 amide bonds. The summed E-state index contributed by atoms with van der Waals surface area (Å²) in [4.78, 5) is 11.7. The summed E-state index contributed by atoms with van der Waals surface area (Å²) >= 11 is 0. The predicted molar refractivity (Wildman–Crippen MR) is 80.8 cm³/mol. The number of rotatable bonds is 4. The SMILES string of the molecule is CC1O[C@H](CNC(=O)/C=C/c2ccccc2)C(O)[C@@H](O)[C@@H]1O. The highest BCUT2D eigenvalue weighted by atomic mass is 16.5. The van der Waals surface area contributed by atoms with Gasteiger partial charge in [0, 0.05) is 12.6 Å². The van der Waals surface area contributed by atoms with Crippen molar-refractivity contribution in [1.82, 2.24) is 5.32 Å². The van der Waals surface area contributed by atoms with E-state index >= 15 is 0 Å². The summed E-state index contributed by atoms with van der Waals surface area (Å²) in [5.74, 6) is -0.326. The first-order chi connectivity index (χ1) is 10.5. The van der Waals surface area contributed by atoms with Gasteiger partial charge in [-0.2, -0.15) is 0 Å². The summed E-state index contributed by atoms with van der Waals surface area (Å²) in [6.45, 7) is 1.65. The van der Waals surface area contributed by atoms with Gasteiger partial charge in [-0.15, -0.1) is 0 Å². The van der Waals surface area contributed by atoms with E-state index in [1.165, 1.54) is 6.08 Å². The maximum atomic E-state index is 11.7. The van der Waals surface area contributed by atoms with Crippen LogP contribution in [0.5, 0.6) is 0 Å². The highest BCUT2D eigenvalue weighted by Crippen LogP contribution is 2.20. The first-order valence-electron chi connectivity index (χ1n) is 7.19. The topological polar surface area (TPSA) is 99.0 Å². The van der Waals surface area contributed by atoms with E-state index in [1.54, 1.807) is 13.0 Å². The number of carbonyl (C=O) groups excluding carboxylic acids is 1. The first kappa shape index (κ1) is 16.6. The number of amides is 1. The summed E-state index contributed by atoms with van der Waals surface area (Å²) in [7, 11) is 0. The number of nitrogens with one attached hydrogen (secondary N) is 1. The minimum Gasteiger partial charge on any atom is -0.388 e. The average molecular weight is 307 g/mol. The molecule has 2 rings (SSSR count). The number of carbonyl (C=O) groups is 1. The molecule has 0 aliphatic carbocycles. The van der Waals surface area contributed by atoms with Crippen LogP contribution in [0.25, 0.3) is 6.08 Å². The zero-order valence-electron chi connectivity index (χ0n) is 12.3. The van der Waals surface area contributed by atoms with Gasteiger partial charge in [0.2, 0.25) is 5.91 Å². The molecule has 1 fully saturated rings. The largest absolute Gasteiger partial charge is 0.388 e. The van der Waals surface area contributed by atoms with Crippen molar-refractivity contribution in [2.45, 2.75) is 37.4 Å². The van der Waals surface area contributed by atoms with Crippen LogP contribution in [0.4, 0.5) is 0 Å². The number of hydrogen-bond donors (Lipinski definition) is 4. The fourth-order valence-corrected chi connectivity index (χ4v) is 2.30. The number of benzene rings is 1. The molecule has 1 aliphatic rings. The van der Waals surface area contributed by atoms with Gasteiger partial charge in [-0.1, -0.05) is 30.3 Å². The van der Waals surface area contributed by atoms with Crippen molar-refractivity contribution in [2.24, 2.45) is 0 Å². The molecule has 1 aromatic rings. The molecule has 5 atom stereocenters. The third-order valence-corrected chi connectivity index (χ3v) is 3.66. The Balaban J connectivity index is 1.84. The quantitative estimate of drug-likeness (QED) is 0.572. The van der Waals surface area contributed by atoms with E-state index < -0.39 is 30.5 Å². The van der Waals surface area contributed by atoms with Crippen LogP contribution in [0.1, 0.15) is 12.5 Å². The molecule has 0 spiro atoms. The van der Waals surface area contributed by atoms with Crippen LogP contribution < -0.4 is 5.32 Å². The Kier molecular flexibility index (Phi) is 5.68. The van der Waals surface area contributed by atoms with Crippen molar-refractivity contribution < 1.29 is 24.9 Å². The molecule has 0 saturated carbocycles. The molecule has 6 nitrogen and oxygen atoms in total. The Morgan fingerprint density at radius 1 is 1.18 bits per heavy atom. The molecule has 4 N–H and O–H groups in total. The minimum absolute atomic E-state index is 0.0489. The Morgan fingerprint density at radius 2 is 1.86 bits per heavy atom. The van der Waals surface area contributed by atoms with Gasteiger partial charge in [0.25, 0.3) is 0 Å². The molecule has 0 aromatic heterocycles. The number of aliphatic hydroxyl groups is 3. The Bertz CT molecular complexity index is 519. The van der Waals surface area contributed by atoms with E-state index in [4.69, 9.17) is 4.74 Å². The predicted octanol–water partition coefficient (Wildman–Crippen LogP) is -0.314. The third kappa shape index (κ3) is 4.14. The smallest absolute Gasteiger partial charge is 0.244 e. The molecule has 120 valence electrons. The standard InChI is InChI=1S/C16H21NO5/c1-10-14(19)16(21)15(20)12(22-10)9-17-13(18)8-7-11-5-3-2-4-6-11/h2-8,10,12,14-16,19-21H,9H2,1H3,(H,17,18)/b8-7+/t10?,12-,14-,15?,16+/m1/s1. The second-order valence-electron chi connectivity index (χ2n) is 5.34. The van der Waals surface area contributed by atoms with Gasteiger partial charge < -0.3 is 25.4 Å². The van der Waals surface area contributed by atoms with Crippen molar-refractivity contribution in [3.63, 3.8) is 0 Å². The van der Waals surface area contributed by atoms with Gasteiger partial charge in [0.1, 0.15) is 24.4 Å². The normalized spacial score (nSPS) is 32.1. The Labute approximate surface area is 129 Å². The molecule has 1 heterocycles. The second kappa shape index (κ2) is 7.51. The van der Waals surface area contributed by atoms with Gasteiger partial charge in [0.15, 0.2) is 0 Å². The average Bonchev–Trinajstić information content (AvgIpc) is 2.54. The molecule has 0 radical (unpaired) electrons. The van der Waals surface area contributed by atoms with Crippen LogP contribution in [-0.2, 0) is 9.53 Å². The lowest BCUT2D eigenvalue weighted by Gasteiger charge is -2.39. The lowest BCUT2D eigenvalue weighted by Crippen LogP contribution is -2.59. The molecule has 1 aliphatic heterocycles. The zero-order valence-corrected chi connectivity index (χ0v) is 12.3. The van der Waals surface area contributed by atoms with E-state index in [0.29, 0.717) is 0 Å². The van der Waals surface area contributed by atoms with Crippen LogP contribution in [0.15, 0.2) is 36.4 Å². The van der Waals surface area contributed by atoms with Crippen molar-refractivity contribution in [1.29, 1.82) is 0 Å². The number of hydrogen-bond acceptors (Lipinski definition) is 5. The fourth-order valence-electron chi connectivity index (χ4n) is 2.30. The molecule has 2 unspecified atom stereocenters. The van der Waals surface area contributed by atoms with E-state index in [2.05, 4.69) is 5.32 Å². The molecular formula is C16H21NO5. The highest BCUT2D eigenvalue weighted by Gasteiger charge is 2.41. The van der Waals surface area contributed by atoms with E-state index in [9.17, 15) is 20.1 Å². The van der Waals surface area contributed by atoms with E-state index in [0.717, 1.165) is 5.56 Å². The van der Waals surface area contributed by atoms with Gasteiger partial charge in [-0.05, 0) is 18.6 Å². The Hall–Kier alpha value is -1.73. The van der Waals surface area contributed by atoms with Crippen LogP contribution in [0, 0.1) is 0 Å². The van der Waals surface area contributed by atoms with E-state index in [-0.39, 0.29) is 12.5 Å². The van der Waals surface area contributed by atoms with Crippen LogP contribution in [0.2, 0.25) is 0 Å². The number of ether oxygens (including phenoxy) is 1. The molecule has 0 bridgehead atoms. The first-order valence-corrected chi connectivity index (χ1v) is 7.19. The molecule has 22 heavy (non-hydrogen) atoms. The maximum absolute atomic E-state index is 11.7. The summed E-state index contributed by atoms with van der Waals surface area (Å²) in [6.07, 6.45) is -1.98. The van der Waals surface area contributed by atoms with E-state index in [1.807, 2.05) is 30.3 Å². The van der Waals surface area contributed by atoms with Crippen molar-refractivity contribution in [3.8, 4) is 0 Å². The summed E-state index contributed by atoms with van der Waals surface area (Å²) in [5.41, 5.74) is 0.902. The van der Waals surface area contributed by atoms with Gasteiger partial charge in [0.05, 0.1) is 6.10 Å². The number of aliphatic hydroxyl groups excluding tert-OH is 3. The zero-order chi connectivity index (χ0) is 16.1. The van der Waals surface area contributed by atoms with Gasteiger partial charge in [-0.3, -0.25) is 4.79 Å². The fraction of sp³-hybridized carbons (Fsp3) is 0.438. The van der Waals surface area contributed by atoms with Crippen LogP contribution >= 0.6 is 0 Å². The van der Waals surface area contributed by atoms with Gasteiger partial charge in [-0.25, -0.2) is 0 Å². The summed E-state index contributed by atoms with van der Waals surface area (Å²) < 4.78 is 5.40. The Morgan fingerprint density at radius 3 is 2.55 bits per heavy atom. The third-order valence-electron chi connectivity index (χ3n) is 3.66. The minimum atomic E-state index is -1.29. The van der Waals surface area contributed by atoms with Crippen molar-refractivity contribution in [2.75, 3.05) is 6.54 Å². The lowest BCUT2D eigenvalue weighted by molar-refractivity contribution is -0.215. The highest BCUT2D eigenvalue weighted by molar-refractivity contribution is 5.91. The van der Waals surface area contributed by atoms with Crippen molar-refractivity contribution >= 4 is 12.0 Å². The summed E-state index contributed by atoms with van der Waals surface area (Å²) in [5, 5.41) is 31.7. The maximum Gasteiger partial charge on any atom is 0.244 e. The second-order valence-corrected chi connectivity index (χ2v) is 5.34. The molecular weight excluding hydrogens is 286 g/mol. The van der Waals surface area contributed by atoms with Crippen molar-refractivity contribution in [3.05, 3.63) is 42.0 Å². The lowest BCUT2D eigenvalue weighted by atomic mass is 9.95.